The third-order valence-corrected chi connectivity index (χ3v) is 5.22. The van der Waals surface area contributed by atoms with Crippen molar-refractivity contribution in [2.75, 3.05) is 36.9 Å². The maximum atomic E-state index is 12.2. The average molecular weight is 440 g/mol. The summed E-state index contributed by atoms with van der Waals surface area (Å²) >= 11 is 0. The first-order valence-electron chi connectivity index (χ1n) is 11.3. The number of rotatable bonds is 11. The summed E-state index contributed by atoms with van der Waals surface area (Å²) in [6.45, 7) is 6.45. The van der Waals surface area contributed by atoms with Crippen molar-refractivity contribution in [3.63, 3.8) is 0 Å². The molecule has 0 bridgehead atoms. The fourth-order valence-corrected chi connectivity index (χ4v) is 3.29. The third kappa shape index (κ3) is 7.89. The molecule has 7 heteroatoms. The van der Waals surface area contributed by atoms with Gasteiger partial charge in [0.1, 0.15) is 5.75 Å². The molecule has 3 N–H and O–H groups in total. The molecule has 0 aromatic heterocycles. The molecule has 1 fully saturated rings. The standard InChI is InChI=1S/C25H33N3O4/c1-18(2)13-15-32-22-11-9-20(10-12-22)26-17-24(29)28-21-7-5-19(6-8-21)25(30)27-16-23-4-3-14-31-23/h5-12,18,23,26H,3-4,13-17H2,1-2H3,(H,27,30)(H,28,29). The molecule has 0 radical (unpaired) electrons. The second-order valence-electron chi connectivity index (χ2n) is 8.38. The van der Waals surface area contributed by atoms with Crippen molar-refractivity contribution in [2.24, 2.45) is 5.92 Å². The molecule has 1 saturated heterocycles. The van der Waals surface area contributed by atoms with Gasteiger partial charge in [-0.2, -0.15) is 0 Å². The summed E-state index contributed by atoms with van der Waals surface area (Å²) in [7, 11) is 0. The van der Waals surface area contributed by atoms with Crippen molar-refractivity contribution in [1.82, 2.24) is 5.32 Å². The molecule has 2 aromatic rings. The molecule has 7 nitrogen and oxygen atoms in total. The molecule has 0 spiro atoms. The normalized spacial score (nSPS) is 15.4. The van der Waals surface area contributed by atoms with Gasteiger partial charge in [-0.15, -0.1) is 0 Å². The Balaban J connectivity index is 1.38. The lowest BCUT2D eigenvalue weighted by Crippen LogP contribution is -2.31. The van der Waals surface area contributed by atoms with Crippen LogP contribution in [-0.2, 0) is 9.53 Å². The Bertz CT molecular complexity index is 860. The van der Waals surface area contributed by atoms with Gasteiger partial charge in [-0.3, -0.25) is 9.59 Å². The molecular weight excluding hydrogens is 406 g/mol. The number of ether oxygens (including phenoxy) is 2. The predicted molar refractivity (Wildman–Crippen MR) is 126 cm³/mol. The maximum absolute atomic E-state index is 12.2. The van der Waals surface area contributed by atoms with Crippen LogP contribution < -0.4 is 20.7 Å². The minimum atomic E-state index is -0.169. The molecular formula is C25H33N3O4. The zero-order valence-electron chi connectivity index (χ0n) is 18.9. The SMILES string of the molecule is CC(C)CCOc1ccc(NCC(=O)Nc2ccc(C(=O)NCC3CCCO3)cc2)cc1. The van der Waals surface area contributed by atoms with E-state index in [9.17, 15) is 9.59 Å². The van der Waals surface area contributed by atoms with E-state index in [-0.39, 0.29) is 24.5 Å². The van der Waals surface area contributed by atoms with E-state index >= 15 is 0 Å². The maximum Gasteiger partial charge on any atom is 0.251 e. The Morgan fingerprint density at radius 3 is 2.44 bits per heavy atom. The predicted octanol–water partition coefficient (Wildman–Crippen LogP) is 4.07. The van der Waals surface area contributed by atoms with E-state index in [1.165, 1.54) is 0 Å². The van der Waals surface area contributed by atoms with Gasteiger partial charge in [-0.25, -0.2) is 0 Å². The molecule has 1 aliphatic rings. The largest absolute Gasteiger partial charge is 0.494 e. The zero-order valence-corrected chi connectivity index (χ0v) is 18.9. The molecule has 2 aromatic carbocycles. The second kappa shape index (κ2) is 12.1. The smallest absolute Gasteiger partial charge is 0.251 e. The molecule has 1 atom stereocenters. The number of amides is 2. The van der Waals surface area contributed by atoms with Crippen LogP contribution in [0.2, 0.25) is 0 Å². The monoisotopic (exact) mass is 439 g/mol. The summed E-state index contributed by atoms with van der Waals surface area (Å²) in [5.41, 5.74) is 2.03. The Morgan fingerprint density at radius 2 is 1.78 bits per heavy atom. The molecule has 2 amide bonds. The van der Waals surface area contributed by atoms with E-state index in [2.05, 4.69) is 29.8 Å². The van der Waals surface area contributed by atoms with Gasteiger partial charge >= 0.3 is 0 Å². The highest BCUT2D eigenvalue weighted by Crippen LogP contribution is 2.17. The summed E-state index contributed by atoms with van der Waals surface area (Å²) < 4.78 is 11.2. The molecule has 0 aliphatic carbocycles. The van der Waals surface area contributed by atoms with E-state index in [1.807, 2.05) is 24.3 Å². The topological polar surface area (TPSA) is 88.7 Å². The second-order valence-corrected chi connectivity index (χ2v) is 8.38. The van der Waals surface area contributed by atoms with Crippen molar-refractivity contribution in [1.29, 1.82) is 0 Å². The van der Waals surface area contributed by atoms with E-state index in [0.717, 1.165) is 37.3 Å². The number of anilines is 2. The summed E-state index contributed by atoms with van der Waals surface area (Å²) in [6, 6.07) is 14.4. The first-order valence-corrected chi connectivity index (χ1v) is 11.3. The zero-order chi connectivity index (χ0) is 22.8. The number of hydrogen-bond donors (Lipinski definition) is 3. The van der Waals surface area contributed by atoms with Gasteiger partial charge in [0.25, 0.3) is 5.91 Å². The molecule has 1 heterocycles. The molecule has 1 aliphatic heterocycles. The summed E-state index contributed by atoms with van der Waals surface area (Å²) in [5, 5.41) is 8.81. The van der Waals surface area contributed by atoms with Gasteiger partial charge in [0.2, 0.25) is 5.91 Å². The Labute approximate surface area is 189 Å². The van der Waals surface area contributed by atoms with Crippen molar-refractivity contribution >= 4 is 23.2 Å². The fraction of sp³-hybridized carbons (Fsp3) is 0.440. The number of carbonyl (C=O) groups excluding carboxylic acids is 2. The van der Waals surface area contributed by atoms with Crippen molar-refractivity contribution in [2.45, 2.75) is 39.2 Å². The number of hydrogen-bond acceptors (Lipinski definition) is 5. The quantitative estimate of drug-likeness (QED) is 0.491. The van der Waals surface area contributed by atoms with Crippen LogP contribution in [0.15, 0.2) is 48.5 Å². The van der Waals surface area contributed by atoms with E-state index in [4.69, 9.17) is 9.47 Å². The van der Waals surface area contributed by atoms with E-state index < -0.39 is 0 Å². The first kappa shape index (κ1) is 23.6. The van der Waals surface area contributed by atoms with Gasteiger partial charge in [-0.05, 0) is 73.7 Å². The summed E-state index contributed by atoms with van der Waals surface area (Å²) in [4.78, 5) is 24.5. The number of carbonyl (C=O) groups is 2. The highest BCUT2D eigenvalue weighted by molar-refractivity contribution is 5.96. The lowest BCUT2D eigenvalue weighted by molar-refractivity contribution is -0.114. The minimum absolute atomic E-state index is 0.110. The Hall–Kier alpha value is -3.06. The van der Waals surface area contributed by atoms with E-state index in [0.29, 0.717) is 30.3 Å². The fourth-order valence-electron chi connectivity index (χ4n) is 3.29. The lowest BCUT2D eigenvalue weighted by atomic mass is 10.1. The van der Waals surface area contributed by atoms with Crippen LogP contribution >= 0.6 is 0 Å². The minimum Gasteiger partial charge on any atom is -0.494 e. The van der Waals surface area contributed by atoms with Crippen LogP contribution in [0.25, 0.3) is 0 Å². The van der Waals surface area contributed by atoms with Crippen molar-refractivity contribution < 1.29 is 19.1 Å². The highest BCUT2D eigenvalue weighted by atomic mass is 16.5. The lowest BCUT2D eigenvalue weighted by Gasteiger charge is -2.12. The molecule has 0 saturated carbocycles. The van der Waals surface area contributed by atoms with Crippen LogP contribution in [-0.4, -0.2) is 44.2 Å². The van der Waals surface area contributed by atoms with Gasteiger partial charge in [0, 0.05) is 30.1 Å². The van der Waals surface area contributed by atoms with Gasteiger partial charge < -0.3 is 25.4 Å². The van der Waals surface area contributed by atoms with Crippen LogP contribution in [0, 0.1) is 5.92 Å². The summed E-state index contributed by atoms with van der Waals surface area (Å²) in [5.74, 6) is 1.12. The van der Waals surface area contributed by atoms with Crippen LogP contribution in [0.3, 0.4) is 0 Å². The molecule has 1 unspecified atom stereocenters. The molecule has 32 heavy (non-hydrogen) atoms. The van der Waals surface area contributed by atoms with Gasteiger partial charge in [0.05, 0.1) is 19.3 Å². The average Bonchev–Trinajstić information content (AvgIpc) is 3.31. The Kier molecular flexibility index (Phi) is 8.92. The van der Waals surface area contributed by atoms with Crippen LogP contribution in [0.5, 0.6) is 5.75 Å². The molecule has 3 rings (SSSR count). The highest BCUT2D eigenvalue weighted by Gasteiger charge is 2.16. The number of nitrogens with one attached hydrogen (secondary N) is 3. The first-order chi connectivity index (χ1) is 15.5. The molecule has 172 valence electrons. The summed E-state index contributed by atoms with van der Waals surface area (Å²) in [6.07, 6.45) is 3.15. The van der Waals surface area contributed by atoms with Crippen LogP contribution in [0.4, 0.5) is 11.4 Å². The van der Waals surface area contributed by atoms with Crippen LogP contribution in [0.1, 0.15) is 43.5 Å². The van der Waals surface area contributed by atoms with Gasteiger partial charge in [-0.1, -0.05) is 13.8 Å². The van der Waals surface area contributed by atoms with Crippen molar-refractivity contribution in [3.8, 4) is 5.75 Å². The Morgan fingerprint density at radius 1 is 1.06 bits per heavy atom. The third-order valence-electron chi connectivity index (χ3n) is 5.22. The van der Waals surface area contributed by atoms with E-state index in [1.54, 1.807) is 24.3 Å². The number of benzene rings is 2. The van der Waals surface area contributed by atoms with Crippen molar-refractivity contribution in [3.05, 3.63) is 54.1 Å². The van der Waals surface area contributed by atoms with Gasteiger partial charge in [0.15, 0.2) is 0 Å².